The minimum absolute atomic E-state index is 0.00703. The summed E-state index contributed by atoms with van der Waals surface area (Å²) in [5.41, 5.74) is 0. The van der Waals surface area contributed by atoms with Gasteiger partial charge in [0.1, 0.15) is 0 Å². The van der Waals surface area contributed by atoms with Crippen molar-refractivity contribution in [1.29, 1.82) is 0 Å². The second-order valence-electron chi connectivity index (χ2n) is 7.49. The van der Waals surface area contributed by atoms with Crippen molar-refractivity contribution >= 4 is 23.2 Å². The molecule has 0 unspecified atom stereocenters. The minimum Gasteiger partial charge on any atom is -0.475 e. The van der Waals surface area contributed by atoms with E-state index in [1.807, 2.05) is 0 Å². The Hall–Kier alpha value is -1.69. The second-order valence-corrected chi connectivity index (χ2v) is 8.52. The van der Waals surface area contributed by atoms with Crippen LogP contribution in [0.25, 0.3) is 0 Å². The Morgan fingerprint density at radius 1 is 1.27 bits per heavy atom. The summed E-state index contributed by atoms with van der Waals surface area (Å²) in [4.78, 5) is 31.1. The zero-order chi connectivity index (χ0) is 21.7. The molecule has 0 spiro atoms. The van der Waals surface area contributed by atoms with Gasteiger partial charge in [-0.05, 0) is 37.1 Å². The van der Waals surface area contributed by atoms with E-state index < -0.39 is 12.1 Å². The van der Waals surface area contributed by atoms with Gasteiger partial charge in [-0.15, -0.1) is 11.3 Å². The number of carbonyl (C=O) groups is 2. The smallest absolute Gasteiger partial charge is 0.475 e. The highest BCUT2D eigenvalue weighted by molar-refractivity contribution is 7.09. The van der Waals surface area contributed by atoms with Gasteiger partial charge in [0, 0.05) is 37.2 Å². The van der Waals surface area contributed by atoms with E-state index in [1.165, 1.54) is 4.88 Å². The standard InChI is InChI=1S/C17H24N2O3S.C2HF3O2/c20-17(19-6-1-2-7-22-19)13-10-16-15(5-8-21-16)18(11-13)12-14-4-3-9-23-14;3-2(4,5)1(6)7/h3-4,9,13,15-16H,1-2,5-8,10-12H2;(H,6,7)/t13-,15+,16+;/m0./s1. The molecule has 3 fully saturated rings. The monoisotopic (exact) mass is 450 g/mol. The number of thiophene rings is 1. The van der Waals surface area contributed by atoms with Crippen LogP contribution in [0.15, 0.2) is 17.5 Å². The van der Waals surface area contributed by atoms with Gasteiger partial charge in [-0.1, -0.05) is 6.07 Å². The highest BCUT2D eigenvalue weighted by atomic mass is 32.1. The summed E-state index contributed by atoms with van der Waals surface area (Å²) in [5, 5.41) is 10.8. The van der Waals surface area contributed by atoms with Crippen LogP contribution >= 0.6 is 11.3 Å². The van der Waals surface area contributed by atoms with Gasteiger partial charge in [0.15, 0.2) is 0 Å². The molecule has 11 heteroatoms. The van der Waals surface area contributed by atoms with Gasteiger partial charge in [-0.3, -0.25) is 14.5 Å². The molecule has 1 N–H and O–H groups in total. The molecule has 0 saturated carbocycles. The topological polar surface area (TPSA) is 79.3 Å². The molecular formula is C19H25F3N2O5S. The molecule has 0 bridgehead atoms. The third-order valence-electron chi connectivity index (χ3n) is 5.39. The molecule has 1 aromatic heterocycles. The van der Waals surface area contributed by atoms with E-state index in [1.54, 1.807) is 16.4 Å². The first-order valence-electron chi connectivity index (χ1n) is 9.88. The molecule has 7 nitrogen and oxygen atoms in total. The predicted octanol–water partition coefficient (Wildman–Crippen LogP) is 2.91. The highest BCUT2D eigenvalue weighted by Gasteiger charge is 2.43. The van der Waals surface area contributed by atoms with Crippen LogP contribution in [0, 0.1) is 5.92 Å². The highest BCUT2D eigenvalue weighted by Crippen LogP contribution is 2.34. The Morgan fingerprint density at radius 3 is 2.63 bits per heavy atom. The molecule has 4 heterocycles. The van der Waals surface area contributed by atoms with E-state index in [9.17, 15) is 18.0 Å². The lowest BCUT2D eigenvalue weighted by Crippen LogP contribution is -2.53. The number of hydrogen-bond donors (Lipinski definition) is 1. The van der Waals surface area contributed by atoms with Gasteiger partial charge in [0.25, 0.3) is 5.91 Å². The van der Waals surface area contributed by atoms with E-state index in [4.69, 9.17) is 19.5 Å². The summed E-state index contributed by atoms with van der Waals surface area (Å²) in [6.07, 6.45) is -0.879. The summed E-state index contributed by atoms with van der Waals surface area (Å²) in [6.45, 7) is 3.96. The van der Waals surface area contributed by atoms with Crippen molar-refractivity contribution in [2.45, 2.75) is 50.6 Å². The fourth-order valence-electron chi connectivity index (χ4n) is 3.99. The van der Waals surface area contributed by atoms with E-state index in [2.05, 4.69) is 22.4 Å². The van der Waals surface area contributed by atoms with E-state index in [-0.39, 0.29) is 17.9 Å². The van der Waals surface area contributed by atoms with Crippen LogP contribution in [0.2, 0.25) is 0 Å². The van der Waals surface area contributed by atoms with E-state index >= 15 is 0 Å². The first kappa shape index (κ1) is 23.0. The number of aliphatic carboxylic acids is 1. The van der Waals surface area contributed by atoms with E-state index in [0.29, 0.717) is 12.6 Å². The Kier molecular flexibility index (Phi) is 7.72. The molecule has 168 valence electrons. The number of halogens is 3. The van der Waals surface area contributed by atoms with Crippen LogP contribution in [0.5, 0.6) is 0 Å². The first-order chi connectivity index (χ1) is 14.3. The number of hydroxylamine groups is 2. The predicted molar refractivity (Wildman–Crippen MR) is 102 cm³/mol. The van der Waals surface area contributed by atoms with Gasteiger partial charge in [0.2, 0.25) is 0 Å². The third-order valence-corrected chi connectivity index (χ3v) is 6.26. The summed E-state index contributed by atoms with van der Waals surface area (Å²) >= 11 is 1.79. The lowest BCUT2D eigenvalue weighted by atomic mass is 9.89. The zero-order valence-corrected chi connectivity index (χ0v) is 17.2. The number of likely N-dealkylation sites (tertiary alicyclic amines) is 1. The summed E-state index contributed by atoms with van der Waals surface area (Å²) < 4.78 is 37.7. The Balaban J connectivity index is 0.000000318. The van der Waals surface area contributed by atoms with Crippen LogP contribution < -0.4 is 0 Å². The van der Waals surface area contributed by atoms with Crippen molar-refractivity contribution < 1.29 is 37.4 Å². The summed E-state index contributed by atoms with van der Waals surface area (Å²) in [5.74, 6) is -2.62. The van der Waals surface area contributed by atoms with Crippen LogP contribution in [-0.2, 0) is 25.7 Å². The minimum atomic E-state index is -5.08. The number of nitrogens with zero attached hydrogens (tertiary/aromatic N) is 2. The average molecular weight is 450 g/mol. The van der Waals surface area contributed by atoms with Crippen LogP contribution in [0.3, 0.4) is 0 Å². The van der Waals surface area contributed by atoms with Crippen molar-refractivity contribution in [3.63, 3.8) is 0 Å². The molecule has 4 rings (SSSR count). The molecule has 3 aliphatic heterocycles. The number of hydrogen-bond acceptors (Lipinski definition) is 6. The summed E-state index contributed by atoms with van der Waals surface area (Å²) in [6, 6.07) is 4.73. The van der Waals surface area contributed by atoms with Gasteiger partial charge in [0.05, 0.1) is 18.6 Å². The average Bonchev–Trinajstić information content (AvgIpc) is 3.39. The van der Waals surface area contributed by atoms with Crippen molar-refractivity contribution in [2.75, 3.05) is 26.3 Å². The Labute approximate surface area is 176 Å². The maximum atomic E-state index is 12.8. The molecule has 1 aromatic rings. The molecule has 0 aromatic carbocycles. The number of carbonyl (C=O) groups excluding carboxylic acids is 1. The molecule has 30 heavy (non-hydrogen) atoms. The van der Waals surface area contributed by atoms with Gasteiger partial charge in [-0.25, -0.2) is 9.86 Å². The Morgan fingerprint density at radius 2 is 2.03 bits per heavy atom. The SMILES string of the molecule is O=C(O)C(F)(F)F.O=C([C@H]1C[C@H]2OCC[C@H]2N(Cc2cccs2)C1)N1CCCCO1. The van der Waals surface area contributed by atoms with Gasteiger partial charge in [-0.2, -0.15) is 13.2 Å². The number of amides is 1. The number of ether oxygens (including phenoxy) is 1. The maximum Gasteiger partial charge on any atom is 0.490 e. The number of piperidine rings is 1. The number of fused-ring (bicyclic) bond motifs is 1. The molecule has 1 amide bonds. The number of carboxylic acids is 1. The zero-order valence-electron chi connectivity index (χ0n) is 16.3. The van der Waals surface area contributed by atoms with Crippen molar-refractivity contribution in [2.24, 2.45) is 5.92 Å². The number of alkyl halides is 3. The number of carboxylic acid groups (broad SMARTS) is 1. The maximum absolute atomic E-state index is 12.8. The van der Waals surface area contributed by atoms with Crippen molar-refractivity contribution in [1.82, 2.24) is 9.96 Å². The molecule has 3 aliphatic rings. The van der Waals surface area contributed by atoms with Crippen LogP contribution in [0.4, 0.5) is 13.2 Å². The van der Waals surface area contributed by atoms with Gasteiger partial charge < -0.3 is 9.84 Å². The molecular weight excluding hydrogens is 425 g/mol. The third kappa shape index (κ3) is 5.93. The van der Waals surface area contributed by atoms with Gasteiger partial charge >= 0.3 is 12.1 Å². The molecule has 0 radical (unpaired) electrons. The van der Waals surface area contributed by atoms with Crippen molar-refractivity contribution in [3.8, 4) is 0 Å². The normalized spacial score (nSPS) is 27.2. The molecule has 0 aliphatic carbocycles. The van der Waals surface area contributed by atoms with Crippen molar-refractivity contribution in [3.05, 3.63) is 22.4 Å². The Bertz CT molecular complexity index is 710. The van der Waals surface area contributed by atoms with E-state index in [0.717, 1.165) is 51.9 Å². The second kappa shape index (κ2) is 10.1. The fraction of sp³-hybridized carbons (Fsp3) is 0.684. The quantitative estimate of drug-likeness (QED) is 0.763. The first-order valence-corrected chi connectivity index (χ1v) is 10.8. The molecule has 3 saturated heterocycles. The fourth-order valence-corrected chi connectivity index (χ4v) is 4.72. The molecule has 3 atom stereocenters. The number of rotatable bonds is 3. The largest absolute Gasteiger partial charge is 0.490 e. The van der Waals surface area contributed by atoms with Crippen LogP contribution in [0.1, 0.15) is 30.6 Å². The lowest BCUT2D eigenvalue weighted by Gasteiger charge is -2.41. The van der Waals surface area contributed by atoms with Crippen LogP contribution in [-0.4, -0.2) is 71.6 Å². The summed E-state index contributed by atoms with van der Waals surface area (Å²) in [7, 11) is 0. The lowest BCUT2D eigenvalue weighted by molar-refractivity contribution is -0.204.